The van der Waals surface area contributed by atoms with Gasteiger partial charge in [0, 0.05) is 22.7 Å². The highest BCUT2D eigenvalue weighted by molar-refractivity contribution is 5.90. The Morgan fingerprint density at radius 3 is 2.75 bits per heavy atom. The number of carboxylic acids is 1. The number of fused-ring (bicyclic) bond motifs is 3. The van der Waals surface area contributed by atoms with Gasteiger partial charge in [-0.2, -0.15) is 0 Å². The average Bonchev–Trinajstić information content (AvgIpc) is 3.05. The van der Waals surface area contributed by atoms with E-state index in [4.69, 9.17) is 0 Å². The standard InChI is InChI=1S/C20H18FNO2/c1-11-12(20(23)24)9-10-15-13-6-4-7-14(13)19(22-18(11)15)16-5-2-3-8-17(16)21/h2-6,8-10,13-14,19,22H,7H2,1H3,(H,23,24)/p-1/t13-,14+,19+/m0/s1. The molecule has 0 saturated heterocycles. The van der Waals surface area contributed by atoms with Crippen LogP contribution in [0.4, 0.5) is 10.1 Å². The van der Waals surface area contributed by atoms with Crippen molar-refractivity contribution in [2.24, 2.45) is 5.92 Å². The molecule has 0 fully saturated rings. The van der Waals surface area contributed by atoms with Gasteiger partial charge < -0.3 is 15.2 Å². The summed E-state index contributed by atoms with van der Waals surface area (Å²) in [6, 6.07) is 10.1. The fourth-order valence-electron chi connectivity index (χ4n) is 4.07. The number of hydrogen-bond acceptors (Lipinski definition) is 3. The molecule has 1 heterocycles. The summed E-state index contributed by atoms with van der Waals surface area (Å²) in [5.41, 5.74) is 3.31. The van der Waals surface area contributed by atoms with E-state index in [0.29, 0.717) is 11.1 Å². The smallest absolute Gasteiger partial charge is 0.128 e. The van der Waals surface area contributed by atoms with Gasteiger partial charge in [0.05, 0.1) is 12.0 Å². The molecular formula is C20H17FNO2-. The molecule has 4 heteroatoms. The van der Waals surface area contributed by atoms with Crippen LogP contribution in [-0.4, -0.2) is 5.97 Å². The van der Waals surface area contributed by atoms with Crippen LogP contribution in [0.5, 0.6) is 0 Å². The number of carboxylic acid groups (broad SMARTS) is 1. The van der Waals surface area contributed by atoms with E-state index in [-0.39, 0.29) is 29.3 Å². The Balaban J connectivity index is 1.87. The third kappa shape index (κ3) is 2.13. The number of halogens is 1. The second-order valence-electron chi connectivity index (χ2n) is 6.49. The monoisotopic (exact) mass is 322 g/mol. The van der Waals surface area contributed by atoms with Crippen LogP contribution in [0.1, 0.15) is 45.4 Å². The number of carbonyl (C=O) groups is 1. The third-order valence-corrected chi connectivity index (χ3v) is 5.26. The fraction of sp³-hybridized carbons (Fsp3) is 0.250. The highest BCUT2D eigenvalue weighted by Gasteiger charge is 2.39. The molecule has 0 radical (unpaired) electrons. The molecule has 0 saturated carbocycles. The van der Waals surface area contributed by atoms with Crippen LogP contribution < -0.4 is 10.4 Å². The number of allylic oxidation sites excluding steroid dienone is 2. The minimum atomic E-state index is -1.19. The van der Waals surface area contributed by atoms with Crippen molar-refractivity contribution in [1.29, 1.82) is 0 Å². The van der Waals surface area contributed by atoms with Crippen molar-refractivity contribution in [1.82, 2.24) is 0 Å². The van der Waals surface area contributed by atoms with Crippen LogP contribution in [0, 0.1) is 18.7 Å². The average molecular weight is 322 g/mol. The van der Waals surface area contributed by atoms with E-state index in [1.165, 1.54) is 6.07 Å². The van der Waals surface area contributed by atoms with Gasteiger partial charge in [-0.05, 0) is 36.5 Å². The Morgan fingerprint density at radius 2 is 2.00 bits per heavy atom. The largest absolute Gasteiger partial charge is 0.545 e. The molecule has 1 aliphatic carbocycles. The summed E-state index contributed by atoms with van der Waals surface area (Å²) in [6.45, 7) is 1.77. The van der Waals surface area contributed by atoms with Gasteiger partial charge in [0.2, 0.25) is 0 Å². The van der Waals surface area contributed by atoms with Gasteiger partial charge in [0.15, 0.2) is 0 Å². The molecule has 24 heavy (non-hydrogen) atoms. The van der Waals surface area contributed by atoms with Crippen molar-refractivity contribution in [2.75, 3.05) is 5.32 Å². The van der Waals surface area contributed by atoms with Crippen molar-refractivity contribution in [2.45, 2.75) is 25.3 Å². The Labute approximate surface area is 139 Å². The summed E-state index contributed by atoms with van der Waals surface area (Å²) < 4.78 is 14.4. The molecule has 122 valence electrons. The molecular weight excluding hydrogens is 305 g/mol. The molecule has 2 aliphatic rings. The number of nitrogens with one attached hydrogen (secondary N) is 1. The summed E-state index contributed by atoms with van der Waals surface area (Å²) in [5, 5.41) is 14.7. The first-order valence-corrected chi connectivity index (χ1v) is 8.10. The SMILES string of the molecule is Cc1c(C(=O)[O-])ccc2c1N[C@@H](c1ccccc1F)[C@@H]1CC=C[C@H]21. The minimum Gasteiger partial charge on any atom is -0.545 e. The number of benzene rings is 2. The maximum Gasteiger partial charge on any atom is 0.128 e. The predicted octanol–water partition coefficient (Wildman–Crippen LogP) is 3.32. The highest BCUT2D eigenvalue weighted by Crippen LogP contribution is 2.51. The van der Waals surface area contributed by atoms with E-state index >= 15 is 0 Å². The molecule has 0 bridgehead atoms. The molecule has 1 N–H and O–H groups in total. The molecule has 0 amide bonds. The normalized spacial score (nSPS) is 24.2. The molecule has 2 aromatic carbocycles. The second kappa shape index (κ2) is 5.48. The maximum absolute atomic E-state index is 14.4. The van der Waals surface area contributed by atoms with Crippen LogP contribution in [0.2, 0.25) is 0 Å². The van der Waals surface area contributed by atoms with E-state index in [1.807, 2.05) is 12.1 Å². The Hall–Kier alpha value is -2.62. The van der Waals surface area contributed by atoms with E-state index in [1.54, 1.807) is 25.1 Å². The van der Waals surface area contributed by atoms with Crippen molar-refractivity contribution in [3.05, 3.63) is 76.6 Å². The lowest BCUT2D eigenvalue weighted by molar-refractivity contribution is -0.255. The first kappa shape index (κ1) is 14.9. The van der Waals surface area contributed by atoms with Crippen LogP contribution >= 0.6 is 0 Å². The van der Waals surface area contributed by atoms with Gasteiger partial charge in [0.25, 0.3) is 0 Å². The van der Waals surface area contributed by atoms with Crippen molar-refractivity contribution >= 4 is 11.7 Å². The van der Waals surface area contributed by atoms with Crippen molar-refractivity contribution in [3.8, 4) is 0 Å². The second-order valence-corrected chi connectivity index (χ2v) is 6.49. The molecule has 2 aromatic rings. The van der Waals surface area contributed by atoms with E-state index in [2.05, 4.69) is 17.5 Å². The lowest BCUT2D eigenvalue weighted by Crippen LogP contribution is -2.31. The number of aromatic carboxylic acids is 1. The molecule has 1 aliphatic heterocycles. The van der Waals surface area contributed by atoms with Crippen LogP contribution in [0.15, 0.2) is 48.6 Å². The van der Waals surface area contributed by atoms with Crippen molar-refractivity contribution < 1.29 is 14.3 Å². The van der Waals surface area contributed by atoms with Crippen molar-refractivity contribution in [3.63, 3.8) is 0 Å². The first-order chi connectivity index (χ1) is 11.6. The van der Waals surface area contributed by atoms with Crippen LogP contribution in [-0.2, 0) is 0 Å². The summed E-state index contributed by atoms with van der Waals surface area (Å²) in [5.74, 6) is -1.04. The zero-order chi connectivity index (χ0) is 16.8. The zero-order valence-electron chi connectivity index (χ0n) is 13.3. The molecule has 0 aromatic heterocycles. The van der Waals surface area contributed by atoms with Crippen LogP contribution in [0.25, 0.3) is 0 Å². The first-order valence-electron chi connectivity index (χ1n) is 8.10. The Bertz CT molecular complexity index is 859. The molecule has 3 atom stereocenters. The maximum atomic E-state index is 14.4. The van der Waals surface area contributed by atoms with Gasteiger partial charge in [-0.25, -0.2) is 4.39 Å². The number of carbonyl (C=O) groups excluding carboxylic acids is 1. The summed E-state index contributed by atoms with van der Waals surface area (Å²) >= 11 is 0. The number of hydrogen-bond donors (Lipinski definition) is 1. The summed E-state index contributed by atoms with van der Waals surface area (Å²) in [6.07, 6.45) is 5.15. The molecule has 4 rings (SSSR count). The van der Waals surface area contributed by atoms with Gasteiger partial charge >= 0.3 is 0 Å². The fourth-order valence-corrected chi connectivity index (χ4v) is 4.07. The van der Waals surface area contributed by atoms with Gasteiger partial charge in [-0.3, -0.25) is 0 Å². The van der Waals surface area contributed by atoms with E-state index < -0.39 is 5.97 Å². The lowest BCUT2D eigenvalue weighted by Gasteiger charge is -2.39. The Kier molecular flexibility index (Phi) is 3.41. The molecule has 0 spiro atoms. The number of rotatable bonds is 2. The highest BCUT2D eigenvalue weighted by atomic mass is 19.1. The van der Waals surface area contributed by atoms with Crippen LogP contribution in [0.3, 0.4) is 0 Å². The summed E-state index contributed by atoms with van der Waals surface area (Å²) in [7, 11) is 0. The topological polar surface area (TPSA) is 52.2 Å². The third-order valence-electron chi connectivity index (χ3n) is 5.26. The number of anilines is 1. The minimum absolute atomic E-state index is 0.167. The summed E-state index contributed by atoms with van der Waals surface area (Å²) in [4.78, 5) is 11.3. The molecule has 3 nitrogen and oxygen atoms in total. The van der Waals surface area contributed by atoms with Gasteiger partial charge in [0.1, 0.15) is 5.82 Å². The van der Waals surface area contributed by atoms with E-state index in [0.717, 1.165) is 17.7 Å². The van der Waals surface area contributed by atoms with E-state index in [9.17, 15) is 14.3 Å². The van der Waals surface area contributed by atoms with Gasteiger partial charge in [-0.15, -0.1) is 0 Å². The Morgan fingerprint density at radius 1 is 1.21 bits per heavy atom. The lowest BCUT2D eigenvalue weighted by atomic mass is 9.76. The molecule has 0 unspecified atom stereocenters. The zero-order valence-corrected chi connectivity index (χ0v) is 13.3. The predicted molar refractivity (Wildman–Crippen MR) is 88.3 cm³/mol. The van der Waals surface area contributed by atoms with Gasteiger partial charge in [-0.1, -0.05) is 42.5 Å². The quantitative estimate of drug-likeness (QED) is 0.863.